The maximum atomic E-state index is 12.2. The highest BCUT2D eigenvalue weighted by Gasteiger charge is 2.16. The molecule has 0 aromatic heterocycles. The number of benzene rings is 2. The van der Waals surface area contributed by atoms with Crippen molar-refractivity contribution in [2.45, 2.75) is 13.0 Å². The molecule has 0 aliphatic carbocycles. The molecule has 0 radical (unpaired) electrons. The molecular formula is C23H23ClN2O3. The van der Waals surface area contributed by atoms with Gasteiger partial charge in [0.05, 0.1) is 7.11 Å². The number of nitriles is 1. The van der Waals surface area contributed by atoms with Crippen molar-refractivity contribution in [1.29, 1.82) is 5.26 Å². The number of hydrogen-bond donors (Lipinski definition) is 0. The number of methoxy groups -OCH3 is 1. The number of ether oxygens (including phenoxy) is 2. The quantitative estimate of drug-likeness (QED) is 0.361. The molecule has 29 heavy (non-hydrogen) atoms. The van der Waals surface area contributed by atoms with Crippen LogP contribution < -0.4 is 9.47 Å². The average molecular weight is 411 g/mol. The maximum Gasteiger partial charge on any atom is 0.264 e. The van der Waals surface area contributed by atoms with E-state index in [1.54, 1.807) is 39.4 Å². The Morgan fingerprint density at radius 3 is 2.59 bits per heavy atom. The average Bonchev–Trinajstić information content (AvgIpc) is 2.71. The van der Waals surface area contributed by atoms with Crippen LogP contribution in [-0.4, -0.2) is 32.0 Å². The standard InChI is InChI=1S/C23H23ClN2O3/c1-5-8-17-11-16(12-19(14-25)23(27)26(2)3)13-21(28-4)22(17)29-15-18-9-6-7-10-20(18)24/h5-7,9-13H,1,8,15H2,2-4H3/b19-12-. The first-order valence-electron chi connectivity index (χ1n) is 8.92. The Morgan fingerprint density at radius 2 is 2.00 bits per heavy atom. The lowest BCUT2D eigenvalue weighted by atomic mass is 10.0. The topological polar surface area (TPSA) is 62.6 Å². The van der Waals surface area contributed by atoms with E-state index in [0.29, 0.717) is 28.5 Å². The van der Waals surface area contributed by atoms with Crippen LogP contribution in [0.4, 0.5) is 0 Å². The molecule has 0 atom stereocenters. The van der Waals surface area contributed by atoms with Crippen LogP contribution in [0, 0.1) is 11.3 Å². The van der Waals surface area contributed by atoms with Crippen LogP contribution in [0.1, 0.15) is 16.7 Å². The summed E-state index contributed by atoms with van der Waals surface area (Å²) in [6.45, 7) is 4.07. The Bertz CT molecular complexity index is 975. The molecule has 2 aromatic rings. The van der Waals surface area contributed by atoms with Crippen LogP contribution in [0.5, 0.6) is 11.5 Å². The van der Waals surface area contributed by atoms with Crippen molar-refractivity contribution in [2.24, 2.45) is 0 Å². The van der Waals surface area contributed by atoms with Gasteiger partial charge in [0.1, 0.15) is 18.2 Å². The van der Waals surface area contributed by atoms with Gasteiger partial charge in [-0.05, 0) is 36.3 Å². The molecule has 0 aliphatic heterocycles. The van der Waals surface area contributed by atoms with Gasteiger partial charge >= 0.3 is 0 Å². The van der Waals surface area contributed by atoms with Crippen molar-refractivity contribution in [3.8, 4) is 17.6 Å². The minimum absolute atomic E-state index is 0.0336. The number of carbonyl (C=O) groups is 1. The summed E-state index contributed by atoms with van der Waals surface area (Å²) >= 11 is 6.22. The van der Waals surface area contributed by atoms with Gasteiger partial charge in [-0.1, -0.05) is 35.9 Å². The number of likely N-dealkylation sites (N-methyl/N-ethyl adjacent to an activating group) is 1. The van der Waals surface area contributed by atoms with Gasteiger partial charge in [0.25, 0.3) is 5.91 Å². The molecule has 1 amide bonds. The zero-order valence-corrected chi connectivity index (χ0v) is 17.5. The van der Waals surface area contributed by atoms with E-state index in [9.17, 15) is 10.1 Å². The molecule has 2 aromatic carbocycles. The summed E-state index contributed by atoms with van der Waals surface area (Å²) in [6, 6.07) is 13.0. The molecule has 0 bridgehead atoms. The van der Waals surface area contributed by atoms with E-state index in [1.807, 2.05) is 30.3 Å². The van der Waals surface area contributed by atoms with Crippen LogP contribution in [0.25, 0.3) is 6.08 Å². The number of amides is 1. The second-order valence-electron chi connectivity index (χ2n) is 6.45. The second-order valence-corrected chi connectivity index (χ2v) is 6.86. The molecule has 0 N–H and O–H groups in total. The van der Waals surface area contributed by atoms with Gasteiger partial charge in [-0.3, -0.25) is 4.79 Å². The zero-order valence-electron chi connectivity index (χ0n) is 16.7. The number of nitrogens with zero attached hydrogens (tertiary/aromatic N) is 2. The van der Waals surface area contributed by atoms with Crippen LogP contribution >= 0.6 is 11.6 Å². The Hall–Kier alpha value is -3.23. The van der Waals surface area contributed by atoms with E-state index in [1.165, 1.54) is 11.0 Å². The molecule has 6 heteroatoms. The third-order valence-electron chi connectivity index (χ3n) is 4.14. The summed E-state index contributed by atoms with van der Waals surface area (Å²) in [5.41, 5.74) is 2.38. The molecular weight excluding hydrogens is 388 g/mol. The first kappa shape index (κ1) is 22.1. The molecule has 0 unspecified atom stereocenters. The summed E-state index contributed by atoms with van der Waals surface area (Å²) in [7, 11) is 4.74. The largest absolute Gasteiger partial charge is 0.493 e. The van der Waals surface area contributed by atoms with Crippen molar-refractivity contribution < 1.29 is 14.3 Å². The lowest BCUT2D eigenvalue weighted by molar-refractivity contribution is -0.124. The van der Waals surface area contributed by atoms with Gasteiger partial charge in [-0.15, -0.1) is 6.58 Å². The number of halogens is 1. The molecule has 0 fully saturated rings. The summed E-state index contributed by atoms with van der Waals surface area (Å²) in [5.74, 6) is 0.704. The van der Waals surface area contributed by atoms with E-state index >= 15 is 0 Å². The van der Waals surface area contributed by atoms with E-state index in [-0.39, 0.29) is 18.1 Å². The maximum absolute atomic E-state index is 12.2. The Kier molecular flexibility index (Phi) is 7.88. The molecule has 0 saturated heterocycles. The Morgan fingerprint density at radius 1 is 1.28 bits per heavy atom. The molecule has 0 spiro atoms. The SMILES string of the molecule is C=CCc1cc(/C=C(/C#N)C(=O)N(C)C)cc(OC)c1OCc1ccccc1Cl. The number of hydrogen-bond acceptors (Lipinski definition) is 4. The first-order chi connectivity index (χ1) is 13.9. The molecule has 0 saturated carbocycles. The smallest absolute Gasteiger partial charge is 0.264 e. The predicted molar refractivity (Wildman–Crippen MR) is 115 cm³/mol. The van der Waals surface area contributed by atoms with Crippen LogP contribution in [0.15, 0.2) is 54.6 Å². The number of carbonyl (C=O) groups excluding carboxylic acids is 1. The van der Waals surface area contributed by atoms with Gasteiger partial charge in [0.2, 0.25) is 0 Å². The molecule has 150 valence electrons. The van der Waals surface area contributed by atoms with Gasteiger partial charge in [-0.2, -0.15) is 5.26 Å². The third-order valence-corrected chi connectivity index (χ3v) is 4.50. The summed E-state index contributed by atoms with van der Waals surface area (Å²) < 4.78 is 11.5. The van der Waals surface area contributed by atoms with Gasteiger partial charge in [0.15, 0.2) is 11.5 Å². The summed E-state index contributed by atoms with van der Waals surface area (Å²) in [6.07, 6.45) is 3.81. The summed E-state index contributed by atoms with van der Waals surface area (Å²) in [4.78, 5) is 13.5. The van der Waals surface area contributed by atoms with Crippen molar-refractivity contribution in [3.05, 3.63) is 76.3 Å². The minimum atomic E-state index is -0.365. The van der Waals surface area contributed by atoms with Crippen molar-refractivity contribution in [1.82, 2.24) is 4.90 Å². The van der Waals surface area contributed by atoms with E-state index in [2.05, 4.69) is 6.58 Å². The highest BCUT2D eigenvalue weighted by Crippen LogP contribution is 2.35. The summed E-state index contributed by atoms with van der Waals surface area (Å²) in [5, 5.41) is 9.97. The van der Waals surface area contributed by atoms with E-state index in [4.69, 9.17) is 21.1 Å². The zero-order chi connectivity index (χ0) is 21.4. The fourth-order valence-corrected chi connectivity index (χ4v) is 2.89. The highest BCUT2D eigenvalue weighted by molar-refractivity contribution is 6.31. The fraction of sp³-hybridized carbons (Fsp3) is 0.217. The Balaban J connectivity index is 2.45. The lowest BCUT2D eigenvalue weighted by Gasteiger charge is -2.16. The molecule has 2 rings (SSSR count). The van der Waals surface area contributed by atoms with E-state index in [0.717, 1.165) is 11.1 Å². The van der Waals surface area contributed by atoms with E-state index < -0.39 is 0 Å². The second kappa shape index (κ2) is 10.4. The number of allylic oxidation sites excluding steroid dienone is 1. The van der Waals surface area contributed by atoms with Gasteiger partial charge < -0.3 is 14.4 Å². The minimum Gasteiger partial charge on any atom is -0.493 e. The van der Waals surface area contributed by atoms with Crippen LogP contribution in [0.2, 0.25) is 5.02 Å². The highest BCUT2D eigenvalue weighted by atomic mass is 35.5. The van der Waals surface area contributed by atoms with Crippen LogP contribution in [0.3, 0.4) is 0 Å². The lowest BCUT2D eigenvalue weighted by Crippen LogP contribution is -2.22. The normalized spacial score (nSPS) is 10.8. The third kappa shape index (κ3) is 5.63. The molecule has 0 aliphatic rings. The molecule has 0 heterocycles. The van der Waals surface area contributed by atoms with Crippen LogP contribution in [-0.2, 0) is 17.8 Å². The van der Waals surface area contributed by atoms with Crippen molar-refractivity contribution in [3.63, 3.8) is 0 Å². The van der Waals surface area contributed by atoms with Gasteiger partial charge in [-0.25, -0.2) is 0 Å². The van der Waals surface area contributed by atoms with Crippen molar-refractivity contribution in [2.75, 3.05) is 21.2 Å². The van der Waals surface area contributed by atoms with Crippen molar-refractivity contribution >= 4 is 23.6 Å². The monoisotopic (exact) mass is 410 g/mol. The molecule has 5 nitrogen and oxygen atoms in total. The number of rotatable bonds is 8. The fourth-order valence-electron chi connectivity index (χ4n) is 2.70. The predicted octanol–water partition coefficient (Wildman–Crippen LogP) is 4.65. The van der Waals surface area contributed by atoms with Gasteiger partial charge in [0, 0.05) is 30.2 Å². The Labute approximate surface area is 176 Å². The first-order valence-corrected chi connectivity index (χ1v) is 9.30.